The van der Waals surface area contributed by atoms with Gasteiger partial charge in [0.05, 0.1) is 6.10 Å². The molecular weight excluding hydrogens is 282 g/mol. The van der Waals surface area contributed by atoms with Gasteiger partial charge in [-0.25, -0.2) is 0 Å². The van der Waals surface area contributed by atoms with Crippen LogP contribution < -0.4 is 11.3 Å². The van der Waals surface area contributed by atoms with Crippen LogP contribution in [-0.4, -0.2) is 23.7 Å². The average Bonchev–Trinajstić information content (AvgIpc) is 2.72. The van der Waals surface area contributed by atoms with E-state index in [1.807, 2.05) is 6.20 Å². The van der Waals surface area contributed by atoms with Gasteiger partial charge < -0.3 is 4.74 Å². The van der Waals surface area contributed by atoms with Crippen LogP contribution in [0.2, 0.25) is 0 Å². The van der Waals surface area contributed by atoms with E-state index in [1.54, 1.807) is 6.20 Å². The molecule has 0 aliphatic carbocycles. The molecule has 0 spiro atoms. The number of hydrazine groups is 1. The number of ether oxygens (including phenoxy) is 1. The minimum absolute atomic E-state index is 0.239. The second kappa shape index (κ2) is 5.91. The van der Waals surface area contributed by atoms with Crippen molar-refractivity contribution in [2.45, 2.75) is 31.9 Å². The number of aromatic nitrogens is 1. The smallest absolute Gasteiger partial charge is 0.0591 e. The number of halogens is 1. The van der Waals surface area contributed by atoms with E-state index in [0.717, 1.165) is 23.9 Å². The van der Waals surface area contributed by atoms with Crippen LogP contribution in [0, 0.1) is 5.92 Å². The van der Waals surface area contributed by atoms with Gasteiger partial charge in [0.1, 0.15) is 0 Å². The molecule has 0 bridgehead atoms. The maximum absolute atomic E-state index is 5.66. The summed E-state index contributed by atoms with van der Waals surface area (Å²) >= 11 is 3.43. The first-order chi connectivity index (χ1) is 8.20. The van der Waals surface area contributed by atoms with Crippen LogP contribution >= 0.6 is 15.9 Å². The predicted octanol–water partition coefficient (Wildman–Crippen LogP) is 1.64. The molecule has 0 saturated carbocycles. The Morgan fingerprint density at radius 2 is 2.47 bits per heavy atom. The van der Waals surface area contributed by atoms with Crippen molar-refractivity contribution in [2.24, 2.45) is 11.8 Å². The highest BCUT2D eigenvalue weighted by atomic mass is 79.9. The zero-order chi connectivity index (χ0) is 12.3. The van der Waals surface area contributed by atoms with Crippen LogP contribution in [0.1, 0.15) is 18.9 Å². The zero-order valence-electron chi connectivity index (χ0n) is 9.90. The Morgan fingerprint density at radius 1 is 1.65 bits per heavy atom. The van der Waals surface area contributed by atoms with Gasteiger partial charge in [-0.1, -0.05) is 0 Å². The van der Waals surface area contributed by atoms with Crippen molar-refractivity contribution in [1.82, 2.24) is 10.4 Å². The molecule has 3 unspecified atom stereocenters. The monoisotopic (exact) mass is 299 g/mol. The van der Waals surface area contributed by atoms with Crippen LogP contribution in [0.3, 0.4) is 0 Å². The Balaban J connectivity index is 2.04. The third kappa shape index (κ3) is 3.25. The molecule has 1 aliphatic rings. The lowest BCUT2D eigenvalue weighted by Gasteiger charge is -2.25. The van der Waals surface area contributed by atoms with Crippen LogP contribution in [-0.2, 0) is 11.2 Å². The minimum Gasteiger partial charge on any atom is -0.378 e. The fourth-order valence-corrected chi connectivity index (χ4v) is 2.84. The van der Waals surface area contributed by atoms with Gasteiger partial charge in [0.2, 0.25) is 0 Å². The second-order valence-electron chi connectivity index (χ2n) is 4.52. The SMILES string of the molecule is CC1OCCC1C(Cc1cncc(Br)c1)NN. The normalized spacial score (nSPS) is 26.1. The van der Waals surface area contributed by atoms with E-state index in [-0.39, 0.29) is 12.1 Å². The van der Waals surface area contributed by atoms with Gasteiger partial charge in [-0.15, -0.1) is 0 Å². The second-order valence-corrected chi connectivity index (χ2v) is 5.43. The molecule has 3 atom stereocenters. The summed E-state index contributed by atoms with van der Waals surface area (Å²) in [7, 11) is 0. The van der Waals surface area contributed by atoms with Gasteiger partial charge in [0.15, 0.2) is 0 Å². The first-order valence-corrected chi connectivity index (χ1v) is 6.67. The average molecular weight is 300 g/mol. The topological polar surface area (TPSA) is 60.2 Å². The fraction of sp³-hybridized carbons (Fsp3) is 0.583. The van der Waals surface area contributed by atoms with Gasteiger partial charge in [0.25, 0.3) is 0 Å². The number of hydrogen-bond acceptors (Lipinski definition) is 4. The molecule has 1 aromatic heterocycles. The molecule has 2 rings (SSSR count). The predicted molar refractivity (Wildman–Crippen MR) is 70.3 cm³/mol. The lowest BCUT2D eigenvalue weighted by Crippen LogP contribution is -2.44. The molecule has 94 valence electrons. The minimum atomic E-state index is 0.239. The van der Waals surface area contributed by atoms with Crippen LogP contribution in [0.15, 0.2) is 22.9 Å². The molecule has 17 heavy (non-hydrogen) atoms. The molecule has 0 radical (unpaired) electrons. The summed E-state index contributed by atoms with van der Waals surface area (Å²) in [5, 5.41) is 0. The largest absolute Gasteiger partial charge is 0.378 e. The molecule has 2 heterocycles. The highest BCUT2D eigenvalue weighted by molar-refractivity contribution is 9.10. The highest BCUT2D eigenvalue weighted by Crippen LogP contribution is 2.25. The number of pyridine rings is 1. The maximum Gasteiger partial charge on any atom is 0.0591 e. The quantitative estimate of drug-likeness (QED) is 0.655. The van der Waals surface area contributed by atoms with Gasteiger partial charge in [-0.2, -0.15) is 0 Å². The Morgan fingerprint density at radius 3 is 3.06 bits per heavy atom. The van der Waals surface area contributed by atoms with Crippen molar-refractivity contribution in [3.63, 3.8) is 0 Å². The summed E-state index contributed by atoms with van der Waals surface area (Å²) in [5.41, 5.74) is 4.10. The molecule has 1 fully saturated rings. The van der Waals surface area contributed by atoms with Crippen LogP contribution in [0.5, 0.6) is 0 Å². The first kappa shape index (κ1) is 13.0. The van der Waals surface area contributed by atoms with Gasteiger partial charge >= 0.3 is 0 Å². The molecule has 3 N–H and O–H groups in total. The summed E-state index contributed by atoms with van der Waals surface area (Å²) in [4.78, 5) is 4.17. The summed E-state index contributed by atoms with van der Waals surface area (Å²) in [5.74, 6) is 6.13. The Labute approximate surface area is 110 Å². The van der Waals surface area contributed by atoms with E-state index < -0.39 is 0 Å². The van der Waals surface area contributed by atoms with E-state index in [9.17, 15) is 0 Å². The van der Waals surface area contributed by atoms with Crippen LogP contribution in [0.25, 0.3) is 0 Å². The van der Waals surface area contributed by atoms with Crippen molar-refractivity contribution in [2.75, 3.05) is 6.61 Å². The molecule has 1 aromatic rings. The van der Waals surface area contributed by atoms with Crippen molar-refractivity contribution in [3.8, 4) is 0 Å². The number of nitrogens with two attached hydrogens (primary N) is 1. The van der Waals surface area contributed by atoms with Crippen molar-refractivity contribution < 1.29 is 4.74 Å². The highest BCUT2D eigenvalue weighted by Gasteiger charge is 2.31. The Hall–Kier alpha value is -0.490. The third-order valence-electron chi connectivity index (χ3n) is 3.38. The Kier molecular flexibility index (Phi) is 4.50. The number of rotatable bonds is 4. The number of nitrogens with zero attached hydrogens (tertiary/aromatic N) is 1. The summed E-state index contributed by atoms with van der Waals surface area (Å²) in [6.07, 6.45) is 5.89. The van der Waals surface area contributed by atoms with E-state index in [2.05, 4.69) is 39.3 Å². The summed E-state index contributed by atoms with van der Waals surface area (Å²) in [6.45, 7) is 2.95. The molecule has 0 amide bonds. The molecule has 1 saturated heterocycles. The number of nitrogens with one attached hydrogen (secondary N) is 1. The van der Waals surface area contributed by atoms with Gasteiger partial charge in [-0.05, 0) is 47.3 Å². The zero-order valence-corrected chi connectivity index (χ0v) is 11.5. The van der Waals surface area contributed by atoms with Gasteiger partial charge in [-0.3, -0.25) is 16.3 Å². The van der Waals surface area contributed by atoms with Gasteiger partial charge in [0, 0.05) is 35.4 Å². The molecule has 1 aliphatic heterocycles. The van der Waals surface area contributed by atoms with E-state index in [4.69, 9.17) is 10.6 Å². The molecule has 4 nitrogen and oxygen atoms in total. The lowest BCUT2D eigenvalue weighted by molar-refractivity contribution is 0.0954. The lowest BCUT2D eigenvalue weighted by atomic mass is 9.90. The molecular formula is C12H18BrN3O. The molecule has 0 aromatic carbocycles. The van der Waals surface area contributed by atoms with Crippen molar-refractivity contribution in [1.29, 1.82) is 0 Å². The first-order valence-electron chi connectivity index (χ1n) is 5.88. The van der Waals surface area contributed by atoms with Crippen molar-refractivity contribution >= 4 is 15.9 Å². The Bertz CT molecular complexity index is 375. The standard InChI is InChI=1S/C12H18BrN3O/c1-8-11(2-3-17-8)12(16-14)5-9-4-10(13)7-15-6-9/h4,6-8,11-12,16H,2-3,5,14H2,1H3. The third-order valence-corrected chi connectivity index (χ3v) is 3.82. The fourth-order valence-electron chi connectivity index (χ4n) is 2.43. The number of hydrogen-bond donors (Lipinski definition) is 2. The van der Waals surface area contributed by atoms with Crippen molar-refractivity contribution in [3.05, 3.63) is 28.5 Å². The maximum atomic E-state index is 5.66. The summed E-state index contributed by atoms with van der Waals surface area (Å²) < 4.78 is 6.59. The molecule has 5 heteroatoms. The van der Waals surface area contributed by atoms with E-state index in [0.29, 0.717) is 5.92 Å². The summed E-state index contributed by atoms with van der Waals surface area (Å²) in [6, 6.07) is 2.32. The van der Waals surface area contributed by atoms with E-state index in [1.165, 1.54) is 5.56 Å². The van der Waals surface area contributed by atoms with E-state index >= 15 is 0 Å². The van der Waals surface area contributed by atoms with Crippen LogP contribution in [0.4, 0.5) is 0 Å².